The van der Waals surface area contributed by atoms with Crippen LogP contribution in [0, 0.1) is 69.2 Å². The average molecular weight is 1130 g/mol. The van der Waals surface area contributed by atoms with E-state index in [-0.39, 0.29) is 0 Å². The van der Waals surface area contributed by atoms with Gasteiger partial charge in [0, 0.05) is 0 Å². The molecule has 0 amide bonds. The molecule has 0 saturated carbocycles. The van der Waals surface area contributed by atoms with Gasteiger partial charge in [0.1, 0.15) is 0 Å². The lowest BCUT2D eigenvalue weighted by Crippen LogP contribution is -1.89. The zero-order valence-electron chi connectivity index (χ0n) is 56.3. The van der Waals surface area contributed by atoms with E-state index in [1.165, 1.54) is 166 Å². The standard InChI is InChI=1S/C16H14.4C15H14.5C2H6/c1-11-7-9-16-14(12(11)2)10-8-13-5-3-4-6-15(13)16;2*1-10-7-13-9-12-5-3-4-6-14(12)15(13)8-11(10)2;1-10-7-8-13-9-12-5-3-4-6-14(12)15(13)11(10)2;1-10-7-8-14-13-6-4-3-5-12(13)9-15(14)11(10)2;5*1-2/h3-10H,1-2H3;4*3-8H,9H2,1-2H3;5*1-2H3. The quantitative estimate of drug-likeness (QED) is 0.133. The molecule has 0 atom stereocenters. The van der Waals surface area contributed by atoms with Crippen molar-refractivity contribution >= 4 is 21.5 Å². The van der Waals surface area contributed by atoms with Crippen LogP contribution >= 0.6 is 0 Å². The number of fused-ring (bicyclic) bond motifs is 15. The molecule has 0 radical (unpaired) electrons. The first-order valence-corrected chi connectivity index (χ1v) is 32.4. The summed E-state index contributed by atoms with van der Waals surface area (Å²) in [4.78, 5) is 0. The first kappa shape index (κ1) is 67.1. The molecule has 86 heavy (non-hydrogen) atoms. The molecule has 444 valence electrons. The van der Waals surface area contributed by atoms with Crippen LogP contribution in [0.1, 0.15) is 169 Å². The monoisotopic (exact) mass is 1130 g/mol. The van der Waals surface area contributed by atoms with Crippen molar-refractivity contribution in [2.75, 3.05) is 0 Å². The van der Waals surface area contributed by atoms with Gasteiger partial charge in [-0.3, -0.25) is 0 Å². The number of hydrogen-bond acceptors (Lipinski definition) is 0. The molecule has 0 aromatic heterocycles. The Bertz CT molecular complexity index is 3930. The summed E-state index contributed by atoms with van der Waals surface area (Å²) in [6, 6.07) is 70.7. The van der Waals surface area contributed by atoms with Crippen molar-refractivity contribution in [3.05, 3.63) is 294 Å². The predicted molar refractivity (Wildman–Crippen MR) is 384 cm³/mol. The molecule has 11 aromatic carbocycles. The molecule has 0 saturated heterocycles. The van der Waals surface area contributed by atoms with Gasteiger partial charge in [-0.25, -0.2) is 0 Å². The molecule has 0 spiro atoms. The van der Waals surface area contributed by atoms with Crippen LogP contribution in [0.25, 0.3) is 66.1 Å². The smallest absolute Gasteiger partial charge is 0.00107 e. The predicted octanol–water partition coefficient (Wildman–Crippen LogP) is 25.2. The molecular weight excluding hydrogens is 1030 g/mol. The van der Waals surface area contributed by atoms with Gasteiger partial charge in [0.05, 0.1) is 0 Å². The lowest BCUT2D eigenvalue weighted by atomic mass is 9.96. The second-order valence-corrected chi connectivity index (χ2v) is 22.0. The van der Waals surface area contributed by atoms with Gasteiger partial charge in [-0.2, -0.15) is 0 Å². The summed E-state index contributed by atoms with van der Waals surface area (Å²) in [7, 11) is 0. The van der Waals surface area contributed by atoms with E-state index in [1.807, 2.05) is 69.2 Å². The van der Waals surface area contributed by atoms with E-state index in [9.17, 15) is 0 Å². The minimum absolute atomic E-state index is 1.10. The van der Waals surface area contributed by atoms with Crippen molar-refractivity contribution in [2.24, 2.45) is 0 Å². The van der Waals surface area contributed by atoms with Crippen LogP contribution in [0.3, 0.4) is 0 Å². The van der Waals surface area contributed by atoms with Gasteiger partial charge in [0.25, 0.3) is 0 Å². The summed E-state index contributed by atoms with van der Waals surface area (Å²) in [5.41, 5.74) is 37.4. The molecule has 4 aliphatic carbocycles. The van der Waals surface area contributed by atoms with E-state index >= 15 is 0 Å². The Kier molecular flexibility index (Phi) is 24.9. The van der Waals surface area contributed by atoms with Gasteiger partial charge in [0.15, 0.2) is 0 Å². The van der Waals surface area contributed by atoms with E-state index in [0.717, 1.165) is 25.7 Å². The molecular formula is C86H100. The van der Waals surface area contributed by atoms with Crippen LogP contribution < -0.4 is 0 Å². The van der Waals surface area contributed by atoms with Gasteiger partial charge in [0.2, 0.25) is 0 Å². The Morgan fingerprint density at radius 2 is 0.581 bits per heavy atom. The highest BCUT2D eigenvalue weighted by molar-refractivity contribution is 6.08. The highest BCUT2D eigenvalue weighted by Crippen LogP contribution is 2.42. The van der Waals surface area contributed by atoms with E-state index in [2.05, 4.69) is 263 Å². The molecule has 0 heterocycles. The van der Waals surface area contributed by atoms with Crippen LogP contribution in [-0.2, 0) is 25.7 Å². The fourth-order valence-electron chi connectivity index (χ4n) is 12.2. The van der Waals surface area contributed by atoms with Crippen molar-refractivity contribution in [1.82, 2.24) is 0 Å². The lowest BCUT2D eigenvalue weighted by molar-refractivity contribution is 1.19. The molecule has 0 unspecified atom stereocenters. The van der Waals surface area contributed by atoms with Crippen molar-refractivity contribution in [3.8, 4) is 44.5 Å². The minimum Gasteiger partial charge on any atom is -0.0683 e. The molecule has 0 aliphatic heterocycles. The summed E-state index contributed by atoms with van der Waals surface area (Å²) < 4.78 is 0. The summed E-state index contributed by atoms with van der Waals surface area (Å²) in [6.07, 6.45) is 4.42. The molecule has 0 bridgehead atoms. The Labute approximate surface area is 521 Å². The first-order valence-electron chi connectivity index (χ1n) is 32.4. The normalized spacial score (nSPS) is 11.1. The zero-order chi connectivity index (χ0) is 62.8. The third-order valence-corrected chi connectivity index (χ3v) is 17.3. The summed E-state index contributed by atoms with van der Waals surface area (Å²) in [5, 5.41) is 5.40. The van der Waals surface area contributed by atoms with E-state index < -0.39 is 0 Å². The topological polar surface area (TPSA) is 0 Å². The van der Waals surface area contributed by atoms with E-state index in [4.69, 9.17) is 0 Å². The van der Waals surface area contributed by atoms with E-state index in [0.29, 0.717) is 0 Å². The van der Waals surface area contributed by atoms with Crippen LogP contribution in [0.15, 0.2) is 194 Å². The number of hydrogen-bond donors (Lipinski definition) is 0. The molecule has 11 aromatic rings. The molecule has 4 aliphatic rings. The molecule has 0 fully saturated rings. The Hall–Kier alpha value is -8.06. The lowest BCUT2D eigenvalue weighted by Gasteiger charge is -2.08. The van der Waals surface area contributed by atoms with Gasteiger partial charge in [-0.15, -0.1) is 0 Å². The van der Waals surface area contributed by atoms with Crippen molar-refractivity contribution in [2.45, 2.75) is 164 Å². The van der Waals surface area contributed by atoms with E-state index in [1.54, 1.807) is 0 Å². The van der Waals surface area contributed by atoms with Gasteiger partial charge >= 0.3 is 0 Å². The first-order chi connectivity index (χ1) is 41.8. The number of benzene rings is 11. The maximum absolute atomic E-state index is 2.34. The highest BCUT2D eigenvalue weighted by atomic mass is 14.3. The van der Waals surface area contributed by atoms with Crippen LogP contribution in [-0.4, -0.2) is 0 Å². The second kappa shape index (κ2) is 31.9. The van der Waals surface area contributed by atoms with Crippen LogP contribution in [0.4, 0.5) is 0 Å². The second-order valence-electron chi connectivity index (χ2n) is 22.0. The van der Waals surface area contributed by atoms with Crippen molar-refractivity contribution in [3.63, 3.8) is 0 Å². The molecule has 0 heteroatoms. The largest absolute Gasteiger partial charge is 0.0683 e. The van der Waals surface area contributed by atoms with Crippen molar-refractivity contribution < 1.29 is 0 Å². The SMILES string of the molecule is CC.CC.CC.CC.CC.Cc1cc2c(cc1C)-c1ccccc1C2.Cc1cc2c(cc1C)-c1ccccc1C2.Cc1ccc2c(c1C)-c1ccccc1C2.Cc1ccc2c(c1C)Cc1ccccc1-2.Cc1ccc2c(ccc3ccccc32)c1C. The fraction of sp³-hybridized carbons (Fsp3) is 0.279. The molecule has 0 nitrogen and oxygen atoms in total. The fourth-order valence-corrected chi connectivity index (χ4v) is 12.2. The van der Waals surface area contributed by atoms with Gasteiger partial charge < -0.3 is 0 Å². The van der Waals surface area contributed by atoms with Gasteiger partial charge in [-0.1, -0.05) is 263 Å². The third-order valence-electron chi connectivity index (χ3n) is 17.3. The maximum Gasteiger partial charge on any atom is -0.00107 e. The van der Waals surface area contributed by atoms with Crippen LogP contribution in [0.2, 0.25) is 0 Å². The average Bonchev–Trinajstić information content (AvgIpc) is 3.07. The Balaban J connectivity index is 0.000000166. The van der Waals surface area contributed by atoms with Gasteiger partial charge in [-0.05, 0) is 261 Å². The van der Waals surface area contributed by atoms with Crippen LogP contribution in [0.5, 0.6) is 0 Å². The third kappa shape index (κ3) is 14.6. The summed E-state index contributed by atoms with van der Waals surface area (Å²) >= 11 is 0. The minimum atomic E-state index is 1.10. The molecule has 0 N–H and O–H groups in total. The van der Waals surface area contributed by atoms with Crippen molar-refractivity contribution in [1.29, 1.82) is 0 Å². The maximum atomic E-state index is 2.34. The Morgan fingerprint density at radius 1 is 0.209 bits per heavy atom. The zero-order valence-corrected chi connectivity index (χ0v) is 56.3. The summed E-state index contributed by atoms with van der Waals surface area (Å²) in [6.45, 7) is 42.0. The number of rotatable bonds is 0. The molecule has 15 rings (SSSR count). The summed E-state index contributed by atoms with van der Waals surface area (Å²) in [5.74, 6) is 0. The highest BCUT2D eigenvalue weighted by Gasteiger charge is 2.22. The number of aryl methyl sites for hydroxylation is 8. The Morgan fingerprint density at radius 3 is 1.12 bits per heavy atom.